The summed E-state index contributed by atoms with van der Waals surface area (Å²) in [6.07, 6.45) is 0.382. The smallest absolute Gasteiger partial charge is 0.227 e. The maximum Gasteiger partial charge on any atom is 0.227 e. The lowest BCUT2D eigenvalue weighted by Gasteiger charge is -2.16. The van der Waals surface area contributed by atoms with Crippen LogP contribution in [0.25, 0.3) is 11.1 Å². The van der Waals surface area contributed by atoms with Crippen molar-refractivity contribution >= 4 is 34.3 Å². The van der Waals surface area contributed by atoms with Gasteiger partial charge in [0.15, 0.2) is 5.58 Å². The zero-order valence-corrected chi connectivity index (χ0v) is 13.8. The Bertz CT molecular complexity index is 904. The second kappa shape index (κ2) is 5.83. The number of carbonyl (C=O) groups excluding carboxylic acids is 1. The molecule has 0 saturated carbocycles. The van der Waals surface area contributed by atoms with Crippen molar-refractivity contribution in [3.63, 3.8) is 0 Å². The maximum atomic E-state index is 12.4. The first-order chi connectivity index (χ1) is 11.6. The van der Waals surface area contributed by atoms with Crippen LogP contribution in [0.15, 0.2) is 46.9 Å². The highest BCUT2D eigenvalue weighted by Crippen LogP contribution is 2.33. The summed E-state index contributed by atoms with van der Waals surface area (Å²) in [6, 6.07) is 12.8. The molecule has 0 radical (unpaired) electrons. The second-order valence-corrected chi connectivity index (χ2v) is 6.20. The fourth-order valence-electron chi connectivity index (χ4n) is 2.98. The molecule has 0 N–H and O–H groups in total. The van der Waals surface area contributed by atoms with Gasteiger partial charge >= 0.3 is 0 Å². The number of nitrogens with zero attached hydrogens (tertiary/aromatic N) is 2. The van der Waals surface area contributed by atoms with Crippen molar-refractivity contribution in [3.8, 4) is 5.75 Å². The molecule has 1 aliphatic heterocycles. The van der Waals surface area contributed by atoms with Crippen molar-refractivity contribution in [1.29, 1.82) is 0 Å². The molecular formula is C18H15ClN2O3. The highest BCUT2D eigenvalue weighted by atomic mass is 35.5. The highest BCUT2D eigenvalue weighted by molar-refractivity contribution is 6.31. The minimum atomic E-state index is -0.0641. The van der Waals surface area contributed by atoms with Crippen LogP contribution in [-0.2, 0) is 4.79 Å². The molecule has 122 valence electrons. The Hall–Kier alpha value is -2.53. The minimum absolute atomic E-state index is 0.0606. The van der Waals surface area contributed by atoms with Gasteiger partial charge in [-0.25, -0.2) is 4.98 Å². The van der Waals surface area contributed by atoms with Gasteiger partial charge in [0, 0.05) is 23.7 Å². The molecule has 1 fully saturated rings. The summed E-state index contributed by atoms with van der Waals surface area (Å²) >= 11 is 5.98. The fraction of sp³-hybridized carbons (Fsp3) is 0.222. The molecular weight excluding hydrogens is 328 g/mol. The lowest BCUT2D eigenvalue weighted by atomic mass is 10.1. The highest BCUT2D eigenvalue weighted by Gasteiger charge is 2.34. The van der Waals surface area contributed by atoms with Gasteiger partial charge in [-0.05, 0) is 42.5 Å². The summed E-state index contributed by atoms with van der Waals surface area (Å²) in [5.74, 6) is 1.34. The Morgan fingerprint density at radius 2 is 2.04 bits per heavy atom. The molecule has 3 aromatic rings. The Morgan fingerprint density at radius 3 is 2.79 bits per heavy atom. The van der Waals surface area contributed by atoms with Gasteiger partial charge in [-0.15, -0.1) is 0 Å². The number of amides is 1. The normalized spacial score (nSPS) is 17.7. The van der Waals surface area contributed by atoms with Gasteiger partial charge in [0.2, 0.25) is 11.8 Å². The van der Waals surface area contributed by atoms with Gasteiger partial charge < -0.3 is 14.1 Å². The Kier molecular flexibility index (Phi) is 3.65. The van der Waals surface area contributed by atoms with E-state index in [-0.39, 0.29) is 11.8 Å². The van der Waals surface area contributed by atoms with Crippen molar-refractivity contribution in [2.24, 2.45) is 0 Å². The summed E-state index contributed by atoms with van der Waals surface area (Å²) in [5, 5.41) is 0.615. The molecule has 0 unspecified atom stereocenters. The average molecular weight is 343 g/mol. The van der Waals surface area contributed by atoms with E-state index < -0.39 is 0 Å². The van der Waals surface area contributed by atoms with Crippen molar-refractivity contribution in [1.82, 2.24) is 4.98 Å². The quantitative estimate of drug-likeness (QED) is 0.721. The van der Waals surface area contributed by atoms with E-state index in [1.807, 2.05) is 24.3 Å². The number of anilines is 1. The number of oxazole rings is 1. The lowest BCUT2D eigenvalue weighted by Crippen LogP contribution is -2.24. The van der Waals surface area contributed by atoms with Crippen LogP contribution < -0.4 is 9.64 Å². The number of halogens is 1. The monoisotopic (exact) mass is 342 g/mol. The first kappa shape index (κ1) is 15.0. The van der Waals surface area contributed by atoms with Gasteiger partial charge in [0.05, 0.1) is 13.0 Å². The molecule has 2 heterocycles. The van der Waals surface area contributed by atoms with Crippen molar-refractivity contribution in [2.45, 2.75) is 12.3 Å². The third-order valence-electron chi connectivity index (χ3n) is 4.22. The maximum absolute atomic E-state index is 12.4. The fourth-order valence-corrected chi connectivity index (χ4v) is 3.14. The Balaban J connectivity index is 1.60. The van der Waals surface area contributed by atoms with Gasteiger partial charge in [0.25, 0.3) is 0 Å². The van der Waals surface area contributed by atoms with Crippen LogP contribution in [0, 0.1) is 0 Å². The number of methoxy groups -OCH3 is 1. The molecule has 4 rings (SSSR count). The predicted octanol–water partition coefficient (Wildman–Crippen LogP) is 4.01. The standard InChI is InChI=1S/C18H15ClN2O3/c1-23-14-5-3-13(4-6-14)21-10-11(8-17(21)22)18-20-15-9-12(19)2-7-16(15)24-18/h2-7,9,11H,8,10H2,1H3/t11-/m0/s1. The molecule has 0 spiro atoms. The first-order valence-electron chi connectivity index (χ1n) is 7.64. The zero-order chi connectivity index (χ0) is 16.7. The number of rotatable bonds is 3. The average Bonchev–Trinajstić information content (AvgIpc) is 3.18. The van der Waals surface area contributed by atoms with E-state index in [4.69, 9.17) is 20.8 Å². The van der Waals surface area contributed by atoms with Crippen LogP contribution >= 0.6 is 11.6 Å². The van der Waals surface area contributed by atoms with Crippen molar-refractivity contribution in [2.75, 3.05) is 18.6 Å². The molecule has 1 aliphatic rings. The van der Waals surface area contributed by atoms with Gasteiger partial charge in [-0.1, -0.05) is 11.6 Å². The molecule has 1 saturated heterocycles. The zero-order valence-electron chi connectivity index (χ0n) is 13.0. The first-order valence-corrected chi connectivity index (χ1v) is 8.02. The summed E-state index contributed by atoms with van der Waals surface area (Å²) in [4.78, 5) is 18.6. The number of fused-ring (bicyclic) bond motifs is 1. The largest absolute Gasteiger partial charge is 0.497 e. The summed E-state index contributed by atoms with van der Waals surface area (Å²) in [7, 11) is 1.62. The van der Waals surface area contributed by atoms with Crippen LogP contribution in [0.2, 0.25) is 5.02 Å². The van der Waals surface area contributed by atoms with E-state index in [0.29, 0.717) is 35.0 Å². The SMILES string of the molecule is COc1ccc(N2C[C@@H](c3nc4cc(Cl)ccc4o3)CC2=O)cc1. The summed E-state index contributed by atoms with van der Waals surface area (Å²) in [5.41, 5.74) is 2.25. The molecule has 1 aromatic heterocycles. The van der Waals surface area contributed by atoms with E-state index in [1.165, 1.54) is 0 Å². The Morgan fingerprint density at radius 1 is 1.25 bits per heavy atom. The molecule has 24 heavy (non-hydrogen) atoms. The van der Waals surface area contributed by atoms with Crippen LogP contribution in [0.4, 0.5) is 5.69 Å². The van der Waals surface area contributed by atoms with Crippen LogP contribution in [0.3, 0.4) is 0 Å². The number of ether oxygens (including phenoxy) is 1. The summed E-state index contributed by atoms with van der Waals surface area (Å²) in [6.45, 7) is 0.547. The molecule has 1 atom stereocenters. The number of carbonyl (C=O) groups is 1. The van der Waals surface area contributed by atoms with Crippen LogP contribution in [0.1, 0.15) is 18.2 Å². The van der Waals surface area contributed by atoms with Crippen molar-refractivity contribution in [3.05, 3.63) is 53.4 Å². The second-order valence-electron chi connectivity index (χ2n) is 5.77. The van der Waals surface area contributed by atoms with Gasteiger partial charge in [0.1, 0.15) is 11.3 Å². The molecule has 0 aliphatic carbocycles. The molecule has 2 aromatic carbocycles. The molecule has 6 heteroatoms. The van der Waals surface area contributed by atoms with Crippen LogP contribution in [0.5, 0.6) is 5.75 Å². The third-order valence-corrected chi connectivity index (χ3v) is 4.46. The van der Waals surface area contributed by atoms with E-state index in [9.17, 15) is 4.79 Å². The number of hydrogen-bond donors (Lipinski definition) is 0. The van der Waals surface area contributed by atoms with Crippen LogP contribution in [-0.4, -0.2) is 24.5 Å². The molecule has 0 bridgehead atoms. The molecule has 5 nitrogen and oxygen atoms in total. The van der Waals surface area contributed by atoms with E-state index in [0.717, 1.165) is 11.4 Å². The number of aromatic nitrogens is 1. The minimum Gasteiger partial charge on any atom is -0.497 e. The third kappa shape index (κ3) is 2.61. The van der Waals surface area contributed by atoms with E-state index in [2.05, 4.69) is 4.98 Å². The van der Waals surface area contributed by atoms with E-state index >= 15 is 0 Å². The van der Waals surface area contributed by atoms with Gasteiger partial charge in [-0.2, -0.15) is 0 Å². The molecule has 1 amide bonds. The number of benzene rings is 2. The predicted molar refractivity (Wildman–Crippen MR) is 91.7 cm³/mol. The lowest BCUT2D eigenvalue weighted by molar-refractivity contribution is -0.117. The number of hydrogen-bond acceptors (Lipinski definition) is 4. The summed E-state index contributed by atoms with van der Waals surface area (Å²) < 4.78 is 11.0. The van der Waals surface area contributed by atoms with Gasteiger partial charge in [-0.3, -0.25) is 4.79 Å². The van der Waals surface area contributed by atoms with Crippen molar-refractivity contribution < 1.29 is 13.9 Å². The van der Waals surface area contributed by atoms with E-state index in [1.54, 1.807) is 30.2 Å². The Labute approximate surface area is 143 Å². The topological polar surface area (TPSA) is 55.6 Å².